The highest BCUT2D eigenvalue weighted by Crippen LogP contribution is 2.31. The summed E-state index contributed by atoms with van der Waals surface area (Å²) in [4.78, 5) is 23.4. The van der Waals surface area contributed by atoms with E-state index in [1.165, 1.54) is 18.2 Å². The number of halogens is 3. The molecule has 0 radical (unpaired) electrons. The van der Waals surface area contributed by atoms with E-state index in [1.54, 1.807) is 6.07 Å². The van der Waals surface area contributed by atoms with E-state index >= 15 is 0 Å². The molecule has 1 aliphatic rings. The number of carbonyl (C=O) groups excluding carboxylic acids is 1. The molecule has 0 saturated heterocycles. The highest BCUT2D eigenvalue weighted by atomic mass is 19.4. The molecule has 6 nitrogen and oxygen atoms in total. The molecule has 1 aromatic rings. The minimum absolute atomic E-state index is 0.0644. The fourth-order valence-electron chi connectivity index (χ4n) is 2.07. The number of anilines is 2. The lowest BCUT2D eigenvalue weighted by Gasteiger charge is -2.25. The Labute approximate surface area is 117 Å². The molecular weight excluding hydrogens is 291 g/mol. The Morgan fingerprint density at radius 2 is 2.10 bits per heavy atom. The van der Waals surface area contributed by atoms with Crippen LogP contribution in [0.15, 0.2) is 24.3 Å². The summed E-state index contributed by atoms with van der Waals surface area (Å²) < 4.78 is 38.0. The molecule has 0 unspecified atom stereocenters. The van der Waals surface area contributed by atoms with Gasteiger partial charge in [0.1, 0.15) is 12.6 Å². The summed E-state index contributed by atoms with van der Waals surface area (Å²) in [6, 6.07) is 4.71. The van der Waals surface area contributed by atoms with Crippen LogP contribution >= 0.6 is 0 Å². The average Bonchev–Trinajstić information content (AvgIpc) is 2.49. The summed E-state index contributed by atoms with van der Waals surface area (Å²) in [5.41, 5.74) is 0.402. The van der Waals surface area contributed by atoms with Crippen LogP contribution in [-0.2, 0) is 4.79 Å². The Morgan fingerprint density at radius 1 is 1.43 bits per heavy atom. The van der Waals surface area contributed by atoms with E-state index in [2.05, 4.69) is 5.32 Å². The van der Waals surface area contributed by atoms with Gasteiger partial charge in [-0.05, 0) is 12.1 Å². The highest BCUT2D eigenvalue weighted by molar-refractivity contribution is 6.02. The number of amides is 2. The number of fused-ring (bicyclic) bond motifs is 1. The van der Waals surface area contributed by atoms with Crippen molar-refractivity contribution in [3.05, 3.63) is 24.3 Å². The molecule has 9 heteroatoms. The number of nitrogens with one attached hydrogen (secondary N) is 2. The van der Waals surface area contributed by atoms with Gasteiger partial charge in [0.05, 0.1) is 11.4 Å². The van der Waals surface area contributed by atoms with Crippen LogP contribution in [0.5, 0.6) is 0 Å². The van der Waals surface area contributed by atoms with Gasteiger partial charge in [-0.1, -0.05) is 12.1 Å². The molecule has 3 N–H and O–H groups in total. The minimum Gasteiger partial charge on any atom is -0.465 e. The van der Waals surface area contributed by atoms with Crippen LogP contribution in [0.4, 0.5) is 29.3 Å². The van der Waals surface area contributed by atoms with Gasteiger partial charge in [-0.25, -0.2) is 4.79 Å². The lowest BCUT2D eigenvalue weighted by molar-refractivity contribution is -0.133. The van der Waals surface area contributed by atoms with Crippen LogP contribution in [0.25, 0.3) is 0 Å². The predicted octanol–water partition coefficient (Wildman–Crippen LogP) is 1.64. The van der Waals surface area contributed by atoms with E-state index < -0.39 is 30.8 Å². The number of hydrogen-bond acceptors (Lipinski definition) is 3. The van der Waals surface area contributed by atoms with Gasteiger partial charge in [-0.15, -0.1) is 0 Å². The van der Waals surface area contributed by atoms with Crippen LogP contribution in [0.1, 0.15) is 0 Å². The van der Waals surface area contributed by atoms with Crippen molar-refractivity contribution >= 4 is 23.4 Å². The van der Waals surface area contributed by atoms with Gasteiger partial charge in [0.15, 0.2) is 0 Å². The van der Waals surface area contributed by atoms with E-state index in [1.807, 2.05) is 5.32 Å². The molecule has 1 atom stereocenters. The predicted molar refractivity (Wildman–Crippen MR) is 68.3 cm³/mol. The SMILES string of the molecule is O=C(O)N[C@H]1CNc2ccccc2N(CC(F)(F)F)C1=O. The van der Waals surface area contributed by atoms with Crippen molar-refractivity contribution in [2.75, 3.05) is 23.3 Å². The first-order valence-electron chi connectivity index (χ1n) is 5.98. The van der Waals surface area contributed by atoms with Crippen molar-refractivity contribution in [3.8, 4) is 0 Å². The summed E-state index contributed by atoms with van der Waals surface area (Å²) >= 11 is 0. The van der Waals surface area contributed by atoms with E-state index in [0.717, 1.165) is 0 Å². The normalized spacial score (nSPS) is 18.5. The van der Waals surface area contributed by atoms with Crippen molar-refractivity contribution in [1.82, 2.24) is 5.32 Å². The molecular formula is C12H12F3N3O3. The number of rotatable bonds is 2. The molecule has 0 aliphatic carbocycles. The first-order chi connectivity index (χ1) is 9.78. The topological polar surface area (TPSA) is 81.7 Å². The number of carboxylic acid groups (broad SMARTS) is 1. The maximum Gasteiger partial charge on any atom is 0.406 e. The standard InChI is InChI=1S/C12H12F3N3O3/c13-12(14,15)6-18-9-4-2-1-3-7(9)16-5-8(10(18)19)17-11(20)21/h1-4,8,16-17H,5-6H2,(H,20,21)/t8-/m0/s1. The Morgan fingerprint density at radius 3 is 2.71 bits per heavy atom. The number of hydrogen-bond donors (Lipinski definition) is 3. The summed E-state index contributed by atoms with van der Waals surface area (Å²) in [6.07, 6.45) is -6.07. The molecule has 0 bridgehead atoms. The third-order valence-electron chi connectivity index (χ3n) is 2.89. The Bertz CT molecular complexity index is 562. The molecule has 0 fully saturated rings. The zero-order valence-electron chi connectivity index (χ0n) is 10.6. The van der Waals surface area contributed by atoms with Crippen molar-refractivity contribution in [1.29, 1.82) is 0 Å². The zero-order chi connectivity index (χ0) is 15.6. The fourth-order valence-corrected chi connectivity index (χ4v) is 2.07. The Kier molecular flexibility index (Phi) is 3.92. The third-order valence-corrected chi connectivity index (χ3v) is 2.89. The number of nitrogens with zero attached hydrogens (tertiary/aromatic N) is 1. The smallest absolute Gasteiger partial charge is 0.406 e. The molecule has 0 aromatic heterocycles. The minimum atomic E-state index is -4.60. The fraction of sp³-hybridized carbons (Fsp3) is 0.333. The Balaban J connectivity index is 2.38. The zero-order valence-corrected chi connectivity index (χ0v) is 10.6. The molecule has 1 aliphatic heterocycles. The second-order valence-electron chi connectivity index (χ2n) is 4.44. The molecule has 0 saturated carbocycles. The molecule has 114 valence electrons. The maximum atomic E-state index is 12.7. The van der Waals surface area contributed by atoms with Gasteiger partial charge in [-0.2, -0.15) is 13.2 Å². The third kappa shape index (κ3) is 3.56. The summed E-state index contributed by atoms with van der Waals surface area (Å²) in [5.74, 6) is -0.952. The average molecular weight is 303 g/mol. The van der Waals surface area contributed by atoms with Crippen LogP contribution in [-0.4, -0.2) is 42.4 Å². The quantitative estimate of drug-likeness (QED) is 0.776. The van der Waals surface area contributed by atoms with Crippen LogP contribution in [0.2, 0.25) is 0 Å². The first kappa shape index (κ1) is 14.9. The first-order valence-corrected chi connectivity index (χ1v) is 5.98. The number of alkyl halides is 3. The van der Waals surface area contributed by atoms with Crippen molar-refractivity contribution in [3.63, 3.8) is 0 Å². The summed E-state index contributed by atoms with van der Waals surface area (Å²) in [7, 11) is 0. The maximum absolute atomic E-state index is 12.7. The van der Waals surface area contributed by atoms with Gasteiger partial charge in [0.2, 0.25) is 0 Å². The van der Waals surface area contributed by atoms with Gasteiger partial charge < -0.3 is 15.7 Å². The van der Waals surface area contributed by atoms with Crippen LogP contribution < -0.4 is 15.5 Å². The van der Waals surface area contributed by atoms with Crippen LogP contribution in [0, 0.1) is 0 Å². The van der Waals surface area contributed by atoms with Gasteiger partial charge in [-0.3, -0.25) is 9.69 Å². The lowest BCUT2D eigenvalue weighted by Crippen LogP contribution is -2.52. The second-order valence-corrected chi connectivity index (χ2v) is 4.44. The van der Waals surface area contributed by atoms with Gasteiger partial charge >= 0.3 is 12.3 Å². The molecule has 2 rings (SSSR count). The molecule has 21 heavy (non-hydrogen) atoms. The molecule has 0 spiro atoms. The number of carbonyl (C=O) groups is 2. The van der Waals surface area contributed by atoms with E-state index in [4.69, 9.17) is 5.11 Å². The summed E-state index contributed by atoms with van der Waals surface area (Å²) in [6.45, 7) is -1.61. The van der Waals surface area contributed by atoms with E-state index in [9.17, 15) is 22.8 Å². The van der Waals surface area contributed by atoms with Crippen molar-refractivity contribution < 1.29 is 27.9 Å². The van der Waals surface area contributed by atoms with E-state index in [-0.39, 0.29) is 12.2 Å². The molecule has 1 heterocycles. The Hall–Kier alpha value is -2.45. The van der Waals surface area contributed by atoms with Gasteiger partial charge in [0, 0.05) is 6.54 Å². The summed E-state index contributed by atoms with van der Waals surface area (Å²) in [5, 5.41) is 13.4. The van der Waals surface area contributed by atoms with E-state index in [0.29, 0.717) is 10.6 Å². The van der Waals surface area contributed by atoms with Crippen LogP contribution in [0.3, 0.4) is 0 Å². The molecule has 2 amide bonds. The monoisotopic (exact) mass is 303 g/mol. The van der Waals surface area contributed by atoms with Crippen molar-refractivity contribution in [2.24, 2.45) is 0 Å². The van der Waals surface area contributed by atoms with Crippen molar-refractivity contribution in [2.45, 2.75) is 12.2 Å². The highest BCUT2D eigenvalue weighted by Gasteiger charge is 2.38. The number of para-hydroxylation sites is 2. The van der Waals surface area contributed by atoms with Gasteiger partial charge in [0.25, 0.3) is 5.91 Å². The lowest BCUT2D eigenvalue weighted by atomic mass is 10.2. The molecule has 1 aromatic carbocycles. The number of benzene rings is 1. The second kappa shape index (κ2) is 5.51. The largest absolute Gasteiger partial charge is 0.465 e.